The van der Waals surface area contributed by atoms with Crippen LogP contribution in [-0.4, -0.2) is 49.1 Å². The Bertz CT molecular complexity index is 815. The standard InChI is InChI=1S/C15H19N5O2S/c1-10-12(19-5-9-23-15(19)16-10)14-17-13(18-20(14)4-6-21)11-2-7-22-8-3-11/h5,9,11,21H,2-4,6-8H2,1H3. The van der Waals surface area contributed by atoms with E-state index in [1.54, 1.807) is 16.0 Å². The van der Waals surface area contributed by atoms with Crippen LogP contribution in [0.1, 0.15) is 30.3 Å². The molecule has 0 spiro atoms. The Hall–Kier alpha value is -1.77. The van der Waals surface area contributed by atoms with E-state index in [0.29, 0.717) is 12.5 Å². The van der Waals surface area contributed by atoms with Gasteiger partial charge in [-0.2, -0.15) is 5.10 Å². The van der Waals surface area contributed by atoms with Gasteiger partial charge in [0.05, 0.1) is 18.8 Å². The van der Waals surface area contributed by atoms with Crippen molar-refractivity contribution in [2.45, 2.75) is 32.2 Å². The summed E-state index contributed by atoms with van der Waals surface area (Å²) in [5.74, 6) is 1.96. The van der Waals surface area contributed by atoms with Crippen LogP contribution < -0.4 is 0 Å². The van der Waals surface area contributed by atoms with Gasteiger partial charge in [0.1, 0.15) is 5.69 Å². The summed E-state index contributed by atoms with van der Waals surface area (Å²) in [6.45, 7) is 3.97. The van der Waals surface area contributed by atoms with Crippen molar-refractivity contribution in [3.63, 3.8) is 0 Å². The summed E-state index contributed by atoms with van der Waals surface area (Å²) >= 11 is 1.60. The molecule has 0 amide bonds. The molecule has 0 aliphatic carbocycles. The van der Waals surface area contributed by atoms with Crippen LogP contribution in [-0.2, 0) is 11.3 Å². The maximum Gasteiger partial charge on any atom is 0.194 e. The summed E-state index contributed by atoms with van der Waals surface area (Å²) < 4.78 is 9.28. The minimum absolute atomic E-state index is 0.0359. The zero-order valence-electron chi connectivity index (χ0n) is 13.0. The van der Waals surface area contributed by atoms with E-state index in [9.17, 15) is 5.11 Å². The molecule has 0 radical (unpaired) electrons. The lowest BCUT2D eigenvalue weighted by Gasteiger charge is -2.18. The van der Waals surface area contributed by atoms with Crippen molar-refractivity contribution in [1.82, 2.24) is 24.1 Å². The number of aromatic nitrogens is 5. The number of nitrogens with zero attached hydrogens (tertiary/aromatic N) is 5. The molecule has 4 rings (SSSR count). The first-order chi connectivity index (χ1) is 11.3. The second-order valence-corrected chi connectivity index (χ2v) is 6.60. The molecular weight excluding hydrogens is 314 g/mol. The molecule has 122 valence electrons. The lowest BCUT2D eigenvalue weighted by molar-refractivity contribution is 0.0835. The van der Waals surface area contributed by atoms with E-state index in [0.717, 1.165) is 54.1 Å². The smallest absolute Gasteiger partial charge is 0.194 e. The highest BCUT2D eigenvalue weighted by molar-refractivity contribution is 7.15. The zero-order valence-corrected chi connectivity index (χ0v) is 13.8. The highest BCUT2D eigenvalue weighted by atomic mass is 32.1. The summed E-state index contributed by atoms with van der Waals surface area (Å²) in [6, 6.07) is 0. The molecule has 1 fully saturated rings. The molecule has 1 N–H and O–H groups in total. The second kappa shape index (κ2) is 6.03. The average Bonchev–Trinajstić information content (AvgIpc) is 3.23. The fraction of sp³-hybridized carbons (Fsp3) is 0.533. The number of hydrogen-bond acceptors (Lipinski definition) is 6. The third kappa shape index (κ3) is 2.56. The Labute approximate surface area is 137 Å². The summed E-state index contributed by atoms with van der Waals surface area (Å²) in [5, 5.41) is 16.1. The Morgan fingerprint density at radius 2 is 2.17 bits per heavy atom. The van der Waals surface area contributed by atoms with Gasteiger partial charge in [-0.3, -0.25) is 4.40 Å². The minimum atomic E-state index is 0.0359. The first-order valence-corrected chi connectivity index (χ1v) is 8.71. The average molecular weight is 333 g/mol. The third-order valence-corrected chi connectivity index (χ3v) is 4.99. The van der Waals surface area contributed by atoms with Crippen LogP contribution in [0.15, 0.2) is 11.6 Å². The van der Waals surface area contributed by atoms with Crippen LogP contribution in [0.25, 0.3) is 16.5 Å². The molecule has 1 aliphatic rings. The van der Waals surface area contributed by atoms with Gasteiger partial charge in [0.25, 0.3) is 0 Å². The van der Waals surface area contributed by atoms with Crippen molar-refractivity contribution >= 4 is 16.3 Å². The van der Waals surface area contributed by atoms with Gasteiger partial charge in [0, 0.05) is 30.7 Å². The molecule has 8 heteroatoms. The Kier molecular flexibility index (Phi) is 3.88. The lowest BCUT2D eigenvalue weighted by atomic mass is 10.00. The van der Waals surface area contributed by atoms with Crippen molar-refractivity contribution < 1.29 is 9.84 Å². The largest absolute Gasteiger partial charge is 0.394 e. The minimum Gasteiger partial charge on any atom is -0.394 e. The maximum absolute atomic E-state index is 9.37. The predicted octanol–water partition coefficient (Wildman–Crippen LogP) is 1.85. The summed E-state index contributed by atoms with van der Waals surface area (Å²) in [5.41, 5.74) is 1.89. The molecular formula is C15H19N5O2S. The van der Waals surface area contributed by atoms with Gasteiger partial charge < -0.3 is 9.84 Å². The number of hydrogen-bond donors (Lipinski definition) is 1. The number of thiazole rings is 1. The van der Waals surface area contributed by atoms with Crippen LogP contribution in [0.5, 0.6) is 0 Å². The molecule has 3 aromatic rings. The second-order valence-electron chi connectivity index (χ2n) is 5.73. The van der Waals surface area contributed by atoms with Crippen LogP contribution in [0.2, 0.25) is 0 Å². The maximum atomic E-state index is 9.37. The molecule has 1 saturated heterocycles. The number of aliphatic hydroxyl groups is 1. The first-order valence-electron chi connectivity index (χ1n) is 7.84. The number of aryl methyl sites for hydroxylation is 1. The molecule has 0 saturated carbocycles. The van der Waals surface area contributed by atoms with Gasteiger partial charge in [-0.1, -0.05) is 0 Å². The van der Waals surface area contributed by atoms with E-state index >= 15 is 0 Å². The molecule has 0 unspecified atom stereocenters. The van der Waals surface area contributed by atoms with Gasteiger partial charge in [0.2, 0.25) is 0 Å². The summed E-state index contributed by atoms with van der Waals surface area (Å²) in [7, 11) is 0. The highest BCUT2D eigenvalue weighted by Gasteiger charge is 2.25. The topological polar surface area (TPSA) is 77.5 Å². The fourth-order valence-corrected chi connectivity index (χ4v) is 3.84. The van der Waals surface area contributed by atoms with Crippen molar-refractivity contribution in [2.75, 3.05) is 19.8 Å². The van der Waals surface area contributed by atoms with Crippen molar-refractivity contribution in [3.8, 4) is 11.5 Å². The van der Waals surface area contributed by atoms with Crippen molar-refractivity contribution in [1.29, 1.82) is 0 Å². The van der Waals surface area contributed by atoms with Crippen LogP contribution >= 0.6 is 11.3 Å². The summed E-state index contributed by atoms with van der Waals surface area (Å²) in [6.07, 6.45) is 3.89. The quantitative estimate of drug-likeness (QED) is 0.788. The van der Waals surface area contributed by atoms with E-state index in [1.165, 1.54) is 0 Å². The van der Waals surface area contributed by atoms with Crippen molar-refractivity contribution in [3.05, 3.63) is 23.1 Å². The first kappa shape index (κ1) is 14.8. The number of fused-ring (bicyclic) bond motifs is 1. The van der Waals surface area contributed by atoms with Gasteiger partial charge in [0.15, 0.2) is 16.6 Å². The normalized spacial score (nSPS) is 16.4. The van der Waals surface area contributed by atoms with E-state index in [-0.39, 0.29) is 6.61 Å². The third-order valence-electron chi connectivity index (χ3n) is 4.23. The molecule has 0 bridgehead atoms. The molecule has 7 nitrogen and oxygen atoms in total. The van der Waals surface area contributed by atoms with Gasteiger partial charge >= 0.3 is 0 Å². The number of ether oxygens (including phenoxy) is 1. The molecule has 1 aliphatic heterocycles. The van der Waals surface area contributed by atoms with Crippen LogP contribution in [0.3, 0.4) is 0 Å². The molecule has 3 aromatic heterocycles. The predicted molar refractivity (Wildman–Crippen MR) is 86.7 cm³/mol. The number of aliphatic hydroxyl groups excluding tert-OH is 1. The Morgan fingerprint density at radius 1 is 1.35 bits per heavy atom. The zero-order chi connectivity index (χ0) is 15.8. The molecule has 0 atom stereocenters. The van der Waals surface area contributed by atoms with E-state index in [2.05, 4.69) is 10.1 Å². The van der Waals surface area contributed by atoms with Crippen LogP contribution in [0, 0.1) is 6.92 Å². The van der Waals surface area contributed by atoms with Gasteiger partial charge in [-0.05, 0) is 19.8 Å². The van der Waals surface area contributed by atoms with Crippen LogP contribution in [0.4, 0.5) is 0 Å². The molecule has 0 aromatic carbocycles. The lowest BCUT2D eigenvalue weighted by Crippen LogP contribution is -2.15. The monoisotopic (exact) mass is 333 g/mol. The van der Waals surface area contributed by atoms with E-state index in [4.69, 9.17) is 9.72 Å². The van der Waals surface area contributed by atoms with Crippen molar-refractivity contribution in [2.24, 2.45) is 0 Å². The van der Waals surface area contributed by atoms with Gasteiger partial charge in [-0.15, -0.1) is 11.3 Å². The fourth-order valence-electron chi connectivity index (χ4n) is 3.08. The van der Waals surface area contributed by atoms with E-state index in [1.807, 2.05) is 22.9 Å². The SMILES string of the molecule is Cc1nc2sccn2c1-c1nc(C2CCOCC2)nn1CCO. The molecule has 23 heavy (non-hydrogen) atoms. The van der Waals surface area contributed by atoms with E-state index < -0.39 is 0 Å². The highest BCUT2D eigenvalue weighted by Crippen LogP contribution is 2.29. The molecule has 4 heterocycles. The Morgan fingerprint density at radius 3 is 2.96 bits per heavy atom. The summed E-state index contributed by atoms with van der Waals surface area (Å²) in [4.78, 5) is 10.4. The Balaban J connectivity index is 1.81. The number of imidazole rings is 1. The van der Waals surface area contributed by atoms with Gasteiger partial charge in [-0.25, -0.2) is 14.6 Å². The number of rotatable bonds is 4.